The number of ether oxygens (including phenoxy) is 1. The number of carbonyl (C=O) groups excluding carboxylic acids is 1. The predicted molar refractivity (Wildman–Crippen MR) is 62.3 cm³/mol. The Bertz CT molecular complexity index is 539. The van der Waals surface area contributed by atoms with Crippen LogP contribution in [0.1, 0.15) is 17.3 Å². The van der Waals surface area contributed by atoms with E-state index >= 15 is 0 Å². The number of carbonyl (C=O) groups is 1. The number of rotatable bonds is 3. The van der Waals surface area contributed by atoms with Crippen LogP contribution in [0.4, 0.5) is 0 Å². The van der Waals surface area contributed by atoms with Crippen molar-refractivity contribution in [3.63, 3.8) is 0 Å². The summed E-state index contributed by atoms with van der Waals surface area (Å²) in [4.78, 5) is 15.3. The Hall–Kier alpha value is -1.88. The van der Waals surface area contributed by atoms with Crippen LogP contribution in [0.25, 0.3) is 5.69 Å². The molecule has 0 amide bonds. The first kappa shape index (κ1) is 11.6. The molecule has 5 nitrogen and oxygen atoms in total. The molecule has 0 aliphatic rings. The Balaban J connectivity index is 2.27. The molecule has 0 radical (unpaired) electrons. The zero-order valence-corrected chi connectivity index (χ0v) is 9.89. The van der Waals surface area contributed by atoms with E-state index < -0.39 is 0 Å². The molecule has 0 atom stereocenters. The van der Waals surface area contributed by atoms with Crippen molar-refractivity contribution in [2.45, 2.75) is 6.92 Å². The van der Waals surface area contributed by atoms with Crippen molar-refractivity contribution in [3.8, 4) is 5.69 Å². The highest BCUT2D eigenvalue weighted by Crippen LogP contribution is 2.12. The van der Waals surface area contributed by atoms with Crippen LogP contribution in [0, 0.1) is 0 Å². The molecule has 0 unspecified atom stereocenters. The van der Waals surface area contributed by atoms with Crippen LogP contribution in [0.3, 0.4) is 0 Å². The first-order valence-corrected chi connectivity index (χ1v) is 5.42. The zero-order chi connectivity index (χ0) is 12.3. The average Bonchev–Trinajstić information content (AvgIpc) is 2.78. The van der Waals surface area contributed by atoms with Crippen molar-refractivity contribution in [1.29, 1.82) is 0 Å². The summed E-state index contributed by atoms with van der Waals surface area (Å²) in [6.07, 6.45) is 4.61. The summed E-state index contributed by atoms with van der Waals surface area (Å²) < 4.78 is 6.41. The molecule has 2 aromatic rings. The Kier molecular flexibility index (Phi) is 3.39. The Labute approximate surface area is 103 Å². The van der Waals surface area contributed by atoms with Crippen molar-refractivity contribution in [1.82, 2.24) is 14.8 Å². The first-order valence-electron chi connectivity index (χ1n) is 5.04. The van der Waals surface area contributed by atoms with Crippen LogP contribution < -0.4 is 0 Å². The topological polar surface area (TPSA) is 57.0 Å². The maximum absolute atomic E-state index is 11.4. The molecule has 0 aromatic carbocycles. The molecule has 2 heterocycles. The van der Waals surface area contributed by atoms with Gasteiger partial charge in [-0.2, -0.15) is 5.10 Å². The summed E-state index contributed by atoms with van der Waals surface area (Å²) in [6.45, 7) is 2.09. The Morgan fingerprint density at radius 2 is 2.41 bits per heavy atom. The van der Waals surface area contributed by atoms with E-state index in [0.717, 1.165) is 5.69 Å². The van der Waals surface area contributed by atoms with Gasteiger partial charge in [0, 0.05) is 18.5 Å². The van der Waals surface area contributed by atoms with Crippen LogP contribution in [0.2, 0.25) is 5.15 Å². The standard InChI is InChI=1S/C11H10ClN3O2/c1-2-17-11(16)8-6-14-15(7-8)9-3-4-13-10(12)5-9/h3-7H,2H2,1H3. The second kappa shape index (κ2) is 4.97. The Morgan fingerprint density at radius 1 is 1.59 bits per heavy atom. The number of halogens is 1. The average molecular weight is 252 g/mol. The molecule has 2 rings (SSSR count). The molecule has 88 valence electrons. The van der Waals surface area contributed by atoms with E-state index in [9.17, 15) is 4.79 Å². The van der Waals surface area contributed by atoms with Gasteiger partial charge in [0.25, 0.3) is 0 Å². The van der Waals surface area contributed by atoms with Gasteiger partial charge in [0.1, 0.15) is 5.15 Å². The van der Waals surface area contributed by atoms with E-state index in [-0.39, 0.29) is 5.97 Å². The lowest BCUT2D eigenvalue weighted by molar-refractivity contribution is 0.0526. The van der Waals surface area contributed by atoms with Crippen molar-refractivity contribution < 1.29 is 9.53 Å². The molecule has 0 aliphatic carbocycles. The van der Waals surface area contributed by atoms with Gasteiger partial charge in [-0.05, 0) is 13.0 Å². The summed E-state index contributed by atoms with van der Waals surface area (Å²) in [7, 11) is 0. The molecule has 0 saturated carbocycles. The lowest BCUT2D eigenvalue weighted by Gasteiger charge is -2.00. The van der Waals surface area contributed by atoms with E-state index in [1.807, 2.05) is 0 Å². The highest BCUT2D eigenvalue weighted by molar-refractivity contribution is 6.29. The van der Waals surface area contributed by atoms with Crippen molar-refractivity contribution in [3.05, 3.63) is 41.4 Å². The summed E-state index contributed by atoms with van der Waals surface area (Å²) >= 11 is 5.77. The molecule has 2 aromatic heterocycles. The predicted octanol–water partition coefficient (Wildman–Crippen LogP) is 2.10. The molecule has 0 saturated heterocycles. The Morgan fingerprint density at radius 3 is 3.12 bits per heavy atom. The van der Waals surface area contributed by atoms with E-state index in [1.54, 1.807) is 36.1 Å². The van der Waals surface area contributed by atoms with Gasteiger partial charge in [0.05, 0.1) is 24.1 Å². The fourth-order valence-electron chi connectivity index (χ4n) is 1.32. The van der Waals surface area contributed by atoms with Gasteiger partial charge >= 0.3 is 5.97 Å². The van der Waals surface area contributed by atoms with E-state index in [0.29, 0.717) is 17.3 Å². The van der Waals surface area contributed by atoms with Crippen molar-refractivity contribution in [2.24, 2.45) is 0 Å². The third-order valence-corrected chi connectivity index (χ3v) is 2.28. The number of aromatic nitrogens is 3. The van der Waals surface area contributed by atoms with Crippen molar-refractivity contribution >= 4 is 17.6 Å². The number of hydrogen-bond donors (Lipinski definition) is 0. The molecule has 0 N–H and O–H groups in total. The van der Waals surface area contributed by atoms with E-state index in [4.69, 9.17) is 16.3 Å². The number of pyridine rings is 1. The maximum atomic E-state index is 11.4. The molecule has 0 spiro atoms. The van der Waals surface area contributed by atoms with Gasteiger partial charge in [0.15, 0.2) is 0 Å². The van der Waals surface area contributed by atoms with Crippen LogP contribution >= 0.6 is 11.6 Å². The van der Waals surface area contributed by atoms with Crippen molar-refractivity contribution in [2.75, 3.05) is 6.61 Å². The van der Waals surface area contributed by atoms with E-state index in [1.165, 1.54) is 6.20 Å². The minimum absolute atomic E-state index is 0.338. The normalized spacial score (nSPS) is 10.2. The summed E-state index contributed by atoms with van der Waals surface area (Å²) in [5.74, 6) is -0.390. The molecular weight excluding hydrogens is 242 g/mol. The molecule has 6 heteroatoms. The SMILES string of the molecule is CCOC(=O)c1cnn(-c2ccnc(Cl)c2)c1. The van der Waals surface area contributed by atoms with Gasteiger partial charge in [-0.15, -0.1) is 0 Å². The number of hydrogen-bond acceptors (Lipinski definition) is 4. The number of nitrogens with zero attached hydrogens (tertiary/aromatic N) is 3. The molecule has 0 fully saturated rings. The largest absolute Gasteiger partial charge is 0.462 e. The maximum Gasteiger partial charge on any atom is 0.341 e. The monoisotopic (exact) mass is 251 g/mol. The molecule has 0 aliphatic heterocycles. The summed E-state index contributed by atoms with van der Waals surface area (Å²) in [5.41, 5.74) is 1.14. The summed E-state index contributed by atoms with van der Waals surface area (Å²) in [6, 6.07) is 3.40. The number of esters is 1. The van der Waals surface area contributed by atoms with Crippen LogP contribution in [0.5, 0.6) is 0 Å². The summed E-state index contributed by atoms with van der Waals surface area (Å²) in [5, 5.41) is 4.43. The second-order valence-corrected chi connectivity index (χ2v) is 3.62. The van der Waals surface area contributed by atoms with Crippen LogP contribution in [-0.4, -0.2) is 27.3 Å². The third kappa shape index (κ3) is 2.62. The van der Waals surface area contributed by atoms with E-state index in [2.05, 4.69) is 10.1 Å². The quantitative estimate of drug-likeness (QED) is 0.619. The second-order valence-electron chi connectivity index (χ2n) is 3.23. The fourth-order valence-corrected chi connectivity index (χ4v) is 1.49. The lowest BCUT2D eigenvalue weighted by Crippen LogP contribution is -2.03. The third-order valence-electron chi connectivity index (χ3n) is 2.07. The van der Waals surface area contributed by atoms with Gasteiger partial charge < -0.3 is 4.74 Å². The minimum Gasteiger partial charge on any atom is -0.462 e. The highest BCUT2D eigenvalue weighted by atomic mass is 35.5. The molecule has 0 bridgehead atoms. The zero-order valence-electron chi connectivity index (χ0n) is 9.13. The molecule has 17 heavy (non-hydrogen) atoms. The molecular formula is C11H10ClN3O2. The van der Waals surface area contributed by atoms with Crippen LogP contribution in [-0.2, 0) is 4.74 Å². The lowest BCUT2D eigenvalue weighted by atomic mass is 10.3. The minimum atomic E-state index is -0.390. The van der Waals surface area contributed by atoms with Crippen LogP contribution in [0.15, 0.2) is 30.7 Å². The van der Waals surface area contributed by atoms with Gasteiger partial charge in [-0.3, -0.25) is 0 Å². The van der Waals surface area contributed by atoms with Gasteiger partial charge in [-0.25, -0.2) is 14.5 Å². The van der Waals surface area contributed by atoms with Gasteiger partial charge in [-0.1, -0.05) is 11.6 Å². The fraction of sp³-hybridized carbons (Fsp3) is 0.182. The van der Waals surface area contributed by atoms with Gasteiger partial charge in [0.2, 0.25) is 0 Å². The first-order chi connectivity index (χ1) is 8.20. The smallest absolute Gasteiger partial charge is 0.341 e. The highest BCUT2D eigenvalue weighted by Gasteiger charge is 2.10.